The van der Waals surface area contributed by atoms with Crippen molar-refractivity contribution in [3.8, 4) is 0 Å². The second-order valence-corrected chi connectivity index (χ2v) is 5.83. The predicted octanol–water partition coefficient (Wildman–Crippen LogP) is 1.81. The lowest BCUT2D eigenvalue weighted by Crippen LogP contribution is -2.44. The summed E-state index contributed by atoms with van der Waals surface area (Å²) in [5.41, 5.74) is 0. The maximum Gasteiger partial charge on any atom is 0.0793 e. The van der Waals surface area contributed by atoms with Gasteiger partial charge in [0.05, 0.1) is 6.10 Å². The van der Waals surface area contributed by atoms with Crippen LogP contribution in [-0.2, 0) is 0 Å². The van der Waals surface area contributed by atoms with Crippen LogP contribution >= 0.6 is 0 Å². The molecule has 1 saturated heterocycles. The van der Waals surface area contributed by atoms with E-state index >= 15 is 0 Å². The topological polar surface area (TPSA) is 26.7 Å². The molecule has 0 radical (unpaired) electrons. The zero-order valence-electron chi connectivity index (χ0n) is 12.0. The molecule has 102 valence electrons. The molecule has 0 aromatic rings. The third-order valence-electron chi connectivity index (χ3n) is 4.19. The van der Waals surface area contributed by atoms with Crippen molar-refractivity contribution in [3.05, 3.63) is 0 Å². The van der Waals surface area contributed by atoms with E-state index in [4.69, 9.17) is 0 Å². The Bertz CT molecular complexity index is 202. The van der Waals surface area contributed by atoms with Gasteiger partial charge < -0.3 is 14.9 Å². The van der Waals surface area contributed by atoms with Gasteiger partial charge in [0.25, 0.3) is 0 Å². The first kappa shape index (κ1) is 14.9. The molecular weight excluding hydrogens is 212 g/mol. The third-order valence-corrected chi connectivity index (χ3v) is 4.19. The summed E-state index contributed by atoms with van der Waals surface area (Å²) in [6.45, 7) is 10.7. The number of β-amino-alcohol motifs (C(OH)–C–C–N with tert-alkyl or cyclic N) is 1. The van der Waals surface area contributed by atoms with E-state index in [1.807, 2.05) is 0 Å². The highest BCUT2D eigenvalue weighted by Gasteiger charge is 2.19. The minimum absolute atomic E-state index is 0.206. The van der Waals surface area contributed by atoms with Gasteiger partial charge in [-0.25, -0.2) is 0 Å². The van der Waals surface area contributed by atoms with Gasteiger partial charge >= 0.3 is 0 Å². The molecular formula is C14H30N2O. The van der Waals surface area contributed by atoms with Crippen molar-refractivity contribution in [1.29, 1.82) is 0 Å². The van der Waals surface area contributed by atoms with Crippen molar-refractivity contribution in [1.82, 2.24) is 9.80 Å². The quantitative estimate of drug-likeness (QED) is 0.769. The molecule has 0 amide bonds. The van der Waals surface area contributed by atoms with Crippen molar-refractivity contribution >= 4 is 0 Å². The van der Waals surface area contributed by atoms with Crippen molar-refractivity contribution in [2.45, 2.75) is 52.2 Å². The number of piperidine rings is 1. The number of likely N-dealkylation sites (tertiary alicyclic amines) is 1. The van der Waals surface area contributed by atoms with Crippen molar-refractivity contribution in [3.63, 3.8) is 0 Å². The summed E-state index contributed by atoms with van der Waals surface area (Å²) in [6, 6.07) is 0.561. The molecule has 0 saturated carbocycles. The van der Waals surface area contributed by atoms with Crippen LogP contribution in [-0.4, -0.2) is 60.3 Å². The fourth-order valence-corrected chi connectivity index (χ4v) is 2.42. The fraction of sp³-hybridized carbons (Fsp3) is 1.00. The third kappa shape index (κ3) is 5.36. The van der Waals surface area contributed by atoms with Gasteiger partial charge in [0, 0.05) is 19.1 Å². The molecule has 1 N–H and O–H groups in total. The number of likely N-dealkylation sites (N-methyl/N-ethyl adjacent to an activating group) is 1. The number of hydrogen-bond donors (Lipinski definition) is 1. The Kier molecular flexibility index (Phi) is 6.45. The molecule has 2 atom stereocenters. The Balaban J connectivity index is 2.22. The largest absolute Gasteiger partial charge is 0.390 e. The molecule has 0 aromatic carbocycles. The van der Waals surface area contributed by atoms with E-state index in [1.165, 1.54) is 12.8 Å². The zero-order chi connectivity index (χ0) is 12.8. The molecule has 0 aliphatic carbocycles. The summed E-state index contributed by atoms with van der Waals surface area (Å²) in [5, 5.41) is 10.1. The van der Waals surface area contributed by atoms with Crippen LogP contribution in [0.2, 0.25) is 0 Å². The predicted molar refractivity (Wildman–Crippen MR) is 73.2 cm³/mol. The highest BCUT2D eigenvalue weighted by Crippen LogP contribution is 2.16. The summed E-state index contributed by atoms with van der Waals surface area (Å²) < 4.78 is 0. The first-order valence-corrected chi connectivity index (χ1v) is 7.13. The maximum atomic E-state index is 10.1. The lowest BCUT2D eigenvalue weighted by Gasteiger charge is -2.33. The Morgan fingerprint density at radius 2 is 1.94 bits per heavy atom. The van der Waals surface area contributed by atoms with E-state index in [0.29, 0.717) is 6.04 Å². The molecule has 1 fully saturated rings. The SMILES string of the molecule is CCC(C)N(C)CC(O)CN1CCC(C)CC1. The number of aliphatic hydroxyl groups is 1. The van der Waals surface area contributed by atoms with Crippen LogP contribution in [0.5, 0.6) is 0 Å². The van der Waals surface area contributed by atoms with E-state index < -0.39 is 0 Å². The van der Waals surface area contributed by atoms with E-state index in [2.05, 4.69) is 37.6 Å². The average Bonchev–Trinajstić information content (AvgIpc) is 2.30. The number of hydrogen-bond acceptors (Lipinski definition) is 3. The molecule has 17 heavy (non-hydrogen) atoms. The molecule has 0 aromatic heterocycles. The van der Waals surface area contributed by atoms with Gasteiger partial charge in [-0.1, -0.05) is 13.8 Å². The van der Waals surface area contributed by atoms with Crippen LogP contribution in [0.25, 0.3) is 0 Å². The molecule has 0 bridgehead atoms. The highest BCUT2D eigenvalue weighted by molar-refractivity contribution is 4.74. The fourth-order valence-electron chi connectivity index (χ4n) is 2.42. The minimum Gasteiger partial charge on any atom is -0.390 e. The van der Waals surface area contributed by atoms with Crippen LogP contribution < -0.4 is 0 Å². The lowest BCUT2D eigenvalue weighted by molar-refractivity contribution is 0.0586. The van der Waals surface area contributed by atoms with E-state index in [1.54, 1.807) is 0 Å². The van der Waals surface area contributed by atoms with Gasteiger partial charge in [-0.2, -0.15) is 0 Å². The first-order valence-electron chi connectivity index (χ1n) is 7.13. The molecule has 3 heteroatoms. The Morgan fingerprint density at radius 1 is 1.35 bits per heavy atom. The van der Waals surface area contributed by atoms with E-state index in [0.717, 1.165) is 38.5 Å². The molecule has 3 nitrogen and oxygen atoms in total. The van der Waals surface area contributed by atoms with Crippen LogP contribution in [0, 0.1) is 5.92 Å². The molecule has 1 heterocycles. The van der Waals surface area contributed by atoms with Gasteiger partial charge in [-0.05, 0) is 52.2 Å². The van der Waals surface area contributed by atoms with Gasteiger partial charge in [0.2, 0.25) is 0 Å². The van der Waals surface area contributed by atoms with Crippen molar-refractivity contribution in [2.75, 3.05) is 33.2 Å². The number of rotatable bonds is 6. The Hall–Kier alpha value is -0.120. The number of nitrogens with zero attached hydrogens (tertiary/aromatic N) is 2. The summed E-state index contributed by atoms with van der Waals surface area (Å²) in [7, 11) is 2.11. The minimum atomic E-state index is -0.206. The second-order valence-electron chi connectivity index (χ2n) is 5.83. The van der Waals surface area contributed by atoms with Gasteiger partial charge in [-0.15, -0.1) is 0 Å². The van der Waals surface area contributed by atoms with Crippen LogP contribution in [0.4, 0.5) is 0 Å². The zero-order valence-corrected chi connectivity index (χ0v) is 12.0. The van der Waals surface area contributed by atoms with Crippen LogP contribution in [0.1, 0.15) is 40.0 Å². The van der Waals surface area contributed by atoms with Gasteiger partial charge in [-0.3, -0.25) is 0 Å². The normalized spacial score (nSPS) is 22.9. The van der Waals surface area contributed by atoms with E-state index in [-0.39, 0.29) is 6.10 Å². The number of aliphatic hydroxyl groups excluding tert-OH is 1. The molecule has 1 aliphatic heterocycles. The van der Waals surface area contributed by atoms with Crippen molar-refractivity contribution in [2.24, 2.45) is 5.92 Å². The average molecular weight is 242 g/mol. The Morgan fingerprint density at radius 3 is 2.47 bits per heavy atom. The van der Waals surface area contributed by atoms with Gasteiger partial charge in [0.1, 0.15) is 0 Å². The van der Waals surface area contributed by atoms with Crippen LogP contribution in [0.3, 0.4) is 0 Å². The summed E-state index contributed by atoms with van der Waals surface area (Å²) in [4.78, 5) is 4.67. The second kappa shape index (κ2) is 7.34. The maximum absolute atomic E-state index is 10.1. The molecule has 2 unspecified atom stereocenters. The monoisotopic (exact) mass is 242 g/mol. The summed E-state index contributed by atoms with van der Waals surface area (Å²) in [5.74, 6) is 0.867. The van der Waals surface area contributed by atoms with E-state index in [9.17, 15) is 5.11 Å². The van der Waals surface area contributed by atoms with Gasteiger partial charge in [0.15, 0.2) is 0 Å². The lowest BCUT2D eigenvalue weighted by atomic mass is 9.99. The summed E-state index contributed by atoms with van der Waals surface area (Å²) in [6.07, 6.45) is 3.51. The Labute approximate surface area is 107 Å². The van der Waals surface area contributed by atoms with Crippen molar-refractivity contribution < 1.29 is 5.11 Å². The first-order chi connectivity index (χ1) is 8.02. The molecule has 1 rings (SSSR count). The molecule has 0 spiro atoms. The standard InChI is InChI=1S/C14H30N2O/c1-5-13(3)15(4)10-14(17)11-16-8-6-12(2)7-9-16/h12-14,17H,5-11H2,1-4H3. The summed E-state index contributed by atoms with van der Waals surface area (Å²) >= 11 is 0. The highest BCUT2D eigenvalue weighted by atomic mass is 16.3. The van der Waals surface area contributed by atoms with Crippen LogP contribution in [0.15, 0.2) is 0 Å². The molecule has 1 aliphatic rings. The smallest absolute Gasteiger partial charge is 0.0793 e.